The van der Waals surface area contributed by atoms with E-state index in [1.807, 2.05) is 44.2 Å². The first-order chi connectivity index (χ1) is 18.7. The van der Waals surface area contributed by atoms with Gasteiger partial charge >= 0.3 is 5.69 Å². The lowest BCUT2D eigenvalue weighted by Crippen LogP contribution is -2.53. The molecule has 3 aromatic carbocycles. The molecule has 0 bridgehead atoms. The predicted octanol–water partition coefficient (Wildman–Crippen LogP) is 4.68. The molecular formula is C29H32FN3O6. The molecule has 0 spiro atoms. The highest BCUT2D eigenvalue weighted by Crippen LogP contribution is 2.30. The molecule has 206 valence electrons. The Morgan fingerprint density at radius 2 is 1.74 bits per heavy atom. The zero-order chi connectivity index (χ0) is 28.4. The van der Waals surface area contributed by atoms with Gasteiger partial charge in [-0.2, -0.15) is 0 Å². The van der Waals surface area contributed by atoms with Crippen LogP contribution in [0.2, 0.25) is 0 Å². The Labute approximate surface area is 226 Å². The van der Waals surface area contributed by atoms with Gasteiger partial charge in [-0.3, -0.25) is 19.7 Å². The molecule has 10 heteroatoms. The van der Waals surface area contributed by atoms with Gasteiger partial charge in [-0.05, 0) is 42.7 Å². The normalized spacial score (nSPS) is 12.2. The van der Waals surface area contributed by atoms with Crippen LogP contribution in [-0.2, 0) is 22.6 Å². The zero-order valence-corrected chi connectivity index (χ0v) is 22.1. The van der Waals surface area contributed by atoms with Crippen molar-refractivity contribution < 1.29 is 28.4 Å². The third-order valence-corrected chi connectivity index (χ3v) is 6.25. The van der Waals surface area contributed by atoms with E-state index < -0.39 is 29.3 Å². The molecule has 0 aliphatic heterocycles. The number of nitro benzene ring substituents is 1. The average Bonchev–Trinajstić information content (AvgIpc) is 2.94. The van der Waals surface area contributed by atoms with Crippen LogP contribution < -0.4 is 14.8 Å². The number of halogens is 1. The van der Waals surface area contributed by atoms with E-state index in [4.69, 9.17) is 9.47 Å². The van der Waals surface area contributed by atoms with Crippen LogP contribution in [0.1, 0.15) is 31.4 Å². The summed E-state index contributed by atoms with van der Waals surface area (Å²) < 4.78 is 24.3. The van der Waals surface area contributed by atoms with Crippen LogP contribution >= 0.6 is 0 Å². The van der Waals surface area contributed by atoms with E-state index in [9.17, 15) is 24.1 Å². The van der Waals surface area contributed by atoms with Crippen LogP contribution in [0.15, 0.2) is 72.8 Å². The number of amides is 2. The number of hydrogen-bond acceptors (Lipinski definition) is 6. The van der Waals surface area contributed by atoms with E-state index in [-0.39, 0.29) is 42.1 Å². The van der Waals surface area contributed by atoms with Crippen LogP contribution in [0, 0.1) is 15.9 Å². The third kappa shape index (κ3) is 8.26. The average molecular weight is 538 g/mol. The molecule has 0 unspecified atom stereocenters. The molecule has 2 atom stereocenters. The number of nitrogens with zero attached hydrogens (tertiary/aromatic N) is 2. The standard InChI is InChI=1S/C29H32FN3O6/c1-4-20(2)31-29(35)26(16-21-8-6-5-7-9-21)32(18-22-10-12-23(30)13-11-22)28(34)19-39-24-14-15-25(33(36)37)27(17-24)38-3/h5-15,17,20,26H,4,16,18-19H2,1-3H3,(H,31,35)/t20-,26-/m0/s1. The molecule has 0 aromatic heterocycles. The summed E-state index contributed by atoms with van der Waals surface area (Å²) in [7, 11) is 1.30. The lowest BCUT2D eigenvalue weighted by molar-refractivity contribution is -0.385. The first kappa shape index (κ1) is 29.1. The van der Waals surface area contributed by atoms with Crippen molar-refractivity contribution in [2.75, 3.05) is 13.7 Å². The van der Waals surface area contributed by atoms with Gasteiger partial charge in [0, 0.05) is 31.1 Å². The van der Waals surface area contributed by atoms with Gasteiger partial charge in [-0.1, -0.05) is 49.4 Å². The molecule has 0 fully saturated rings. The Bertz CT molecular complexity index is 1270. The summed E-state index contributed by atoms with van der Waals surface area (Å²) in [6, 6.07) is 18.0. The third-order valence-electron chi connectivity index (χ3n) is 6.25. The van der Waals surface area contributed by atoms with E-state index in [1.165, 1.54) is 42.3 Å². The summed E-state index contributed by atoms with van der Waals surface area (Å²) in [4.78, 5) is 39.1. The lowest BCUT2D eigenvalue weighted by atomic mass is 10.0. The maximum absolute atomic E-state index is 13.6. The summed E-state index contributed by atoms with van der Waals surface area (Å²) in [6.07, 6.45) is 0.961. The number of carbonyl (C=O) groups is 2. The van der Waals surface area contributed by atoms with Crippen LogP contribution in [0.3, 0.4) is 0 Å². The topological polar surface area (TPSA) is 111 Å². The van der Waals surface area contributed by atoms with E-state index in [2.05, 4.69) is 5.32 Å². The predicted molar refractivity (Wildman–Crippen MR) is 144 cm³/mol. The number of rotatable bonds is 13. The van der Waals surface area contributed by atoms with E-state index in [0.29, 0.717) is 12.0 Å². The quantitative estimate of drug-likeness (QED) is 0.250. The fourth-order valence-corrected chi connectivity index (χ4v) is 3.91. The Morgan fingerprint density at radius 1 is 1.05 bits per heavy atom. The van der Waals surface area contributed by atoms with Gasteiger partial charge in [0.15, 0.2) is 6.61 Å². The Balaban J connectivity index is 1.91. The van der Waals surface area contributed by atoms with E-state index in [0.717, 1.165) is 5.56 Å². The van der Waals surface area contributed by atoms with Crippen molar-refractivity contribution in [2.24, 2.45) is 0 Å². The molecule has 0 radical (unpaired) electrons. The van der Waals surface area contributed by atoms with Crippen molar-refractivity contribution in [1.82, 2.24) is 10.2 Å². The minimum atomic E-state index is -0.881. The Hall–Kier alpha value is -4.47. The minimum absolute atomic E-state index is 0.0111. The largest absolute Gasteiger partial charge is 0.490 e. The van der Waals surface area contributed by atoms with Crippen molar-refractivity contribution in [3.63, 3.8) is 0 Å². The molecule has 0 saturated carbocycles. The zero-order valence-electron chi connectivity index (χ0n) is 22.1. The fraction of sp³-hybridized carbons (Fsp3) is 0.310. The highest BCUT2D eigenvalue weighted by Gasteiger charge is 2.31. The van der Waals surface area contributed by atoms with Gasteiger partial charge in [0.1, 0.15) is 17.6 Å². The summed E-state index contributed by atoms with van der Waals surface area (Å²) in [6.45, 7) is 3.43. The number of nitro groups is 1. The number of hydrogen-bond donors (Lipinski definition) is 1. The van der Waals surface area contributed by atoms with Crippen molar-refractivity contribution >= 4 is 17.5 Å². The monoisotopic (exact) mass is 537 g/mol. The second-order valence-corrected chi connectivity index (χ2v) is 9.05. The number of ether oxygens (including phenoxy) is 2. The second-order valence-electron chi connectivity index (χ2n) is 9.05. The summed E-state index contributed by atoms with van der Waals surface area (Å²) in [5, 5.41) is 14.2. The van der Waals surface area contributed by atoms with Crippen LogP contribution in [-0.4, -0.2) is 47.4 Å². The molecule has 0 saturated heterocycles. The fourth-order valence-electron chi connectivity index (χ4n) is 3.91. The minimum Gasteiger partial charge on any atom is -0.490 e. The first-order valence-corrected chi connectivity index (χ1v) is 12.5. The number of carbonyl (C=O) groups excluding carboxylic acids is 2. The highest BCUT2D eigenvalue weighted by molar-refractivity contribution is 5.88. The molecule has 9 nitrogen and oxygen atoms in total. The molecule has 3 rings (SSSR count). The van der Waals surface area contributed by atoms with Crippen LogP contribution in [0.4, 0.5) is 10.1 Å². The maximum atomic E-state index is 13.6. The summed E-state index contributed by atoms with van der Waals surface area (Å²) in [5.74, 6) is -1.04. The Morgan fingerprint density at radius 3 is 2.36 bits per heavy atom. The molecule has 0 aliphatic rings. The van der Waals surface area contributed by atoms with Crippen molar-refractivity contribution in [3.8, 4) is 11.5 Å². The molecule has 0 heterocycles. The van der Waals surface area contributed by atoms with Gasteiger partial charge in [0.2, 0.25) is 11.7 Å². The number of methoxy groups -OCH3 is 1. The molecule has 2 amide bonds. The molecule has 39 heavy (non-hydrogen) atoms. The molecule has 3 aromatic rings. The van der Waals surface area contributed by atoms with Gasteiger partial charge in [-0.15, -0.1) is 0 Å². The number of benzene rings is 3. The SMILES string of the molecule is CC[C@H](C)NC(=O)[C@H](Cc1ccccc1)N(Cc1ccc(F)cc1)C(=O)COc1ccc([N+](=O)[O-])c(OC)c1. The molecule has 0 aliphatic carbocycles. The molecule has 1 N–H and O–H groups in total. The first-order valence-electron chi connectivity index (χ1n) is 12.5. The van der Waals surface area contributed by atoms with Crippen molar-refractivity contribution in [1.29, 1.82) is 0 Å². The van der Waals surface area contributed by atoms with Crippen LogP contribution in [0.5, 0.6) is 11.5 Å². The van der Waals surface area contributed by atoms with Gasteiger partial charge < -0.3 is 19.7 Å². The number of nitrogens with one attached hydrogen (secondary N) is 1. The van der Waals surface area contributed by atoms with Gasteiger partial charge in [-0.25, -0.2) is 4.39 Å². The smallest absolute Gasteiger partial charge is 0.311 e. The van der Waals surface area contributed by atoms with Crippen molar-refractivity contribution in [3.05, 3.63) is 99.9 Å². The van der Waals surface area contributed by atoms with Gasteiger partial charge in [0.25, 0.3) is 5.91 Å². The van der Waals surface area contributed by atoms with Crippen LogP contribution in [0.25, 0.3) is 0 Å². The second kappa shape index (κ2) is 13.9. The lowest BCUT2D eigenvalue weighted by Gasteiger charge is -2.32. The van der Waals surface area contributed by atoms with E-state index >= 15 is 0 Å². The molecular weight excluding hydrogens is 505 g/mol. The van der Waals surface area contributed by atoms with Gasteiger partial charge in [0.05, 0.1) is 12.0 Å². The van der Waals surface area contributed by atoms with E-state index in [1.54, 1.807) is 12.1 Å². The summed E-state index contributed by atoms with van der Waals surface area (Å²) >= 11 is 0. The van der Waals surface area contributed by atoms with Crippen molar-refractivity contribution in [2.45, 2.75) is 45.3 Å². The maximum Gasteiger partial charge on any atom is 0.311 e. The summed E-state index contributed by atoms with van der Waals surface area (Å²) in [5.41, 5.74) is 1.26. The highest BCUT2D eigenvalue weighted by atomic mass is 19.1. The Kier molecular flexibility index (Phi) is 10.4.